The van der Waals surface area contributed by atoms with Crippen LogP contribution in [0.4, 0.5) is 0 Å². The zero-order chi connectivity index (χ0) is 16.4. The Morgan fingerprint density at radius 1 is 1.41 bits per heavy atom. The smallest absolute Gasteiger partial charge is 0.349 e. The molecule has 0 aliphatic carbocycles. The van der Waals surface area contributed by atoms with Crippen LogP contribution in [0.2, 0.25) is 0 Å². The van der Waals surface area contributed by atoms with E-state index in [1.807, 2.05) is 30.3 Å². The topological polar surface area (TPSA) is 98.9 Å². The lowest BCUT2D eigenvalue weighted by atomic mass is 10.0. The van der Waals surface area contributed by atoms with Gasteiger partial charge in [-0.15, -0.1) is 0 Å². The molecule has 0 heterocycles. The van der Waals surface area contributed by atoms with Gasteiger partial charge in [0.2, 0.25) is 12.1 Å². The summed E-state index contributed by atoms with van der Waals surface area (Å²) < 4.78 is 9.99. The molecule has 120 valence electrons. The molecule has 0 aliphatic heterocycles. The molecule has 1 unspecified atom stereocenters. The van der Waals surface area contributed by atoms with Crippen molar-refractivity contribution in [2.75, 3.05) is 19.8 Å². The highest BCUT2D eigenvalue weighted by molar-refractivity contribution is 5.81. The van der Waals surface area contributed by atoms with Crippen molar-refractivity contribution < 1.29 is 24.3 Å². The van der Waals surface area contributed by atoms with Crippen LogP contribution < -0.4 is 0 Å². The van der Waals surface area contributed by atoms with E-state index >= 15 is 0 Å². The average molecular weight is 309 g/mol. The molecule has 0 saturated carbocycles. The molecular weight excluding hydrogens is 290 g/mol. The predicted molar refractivity (Wildman–Crippen MR) is 78.7 cm³/mol. The van der Waals surface area contributed by atoms with Crippen LogP contribution in [-0.2, 0) is 20.9 Å². The third-order valence-electron chi connectivity index (χ3n) is 2.72. The van der Waals surface area contributed by atoms with Crippen LogP contribution >= 0.6 is 0 Å². The largest absolute Gasteiger partial charge is 0.463 e. The molecule has 0 saturated heterocycles. The van der Waals surface area contributed by atoms with Crippen molar-refractivity contribution in [1.82, 2.24) is 0 Å². The predicted octanol–water partition coefficient (Wildman–Crippen LogP) is 1.33. The van der Waals surface area contributed by atoms with E-state index < -0.39 is 23.0 Å². The molecule has 0 spiro atoms. The minimum absolute atomic E-state index is 0.0250. The van der Waals surface area contributed by atoms with Gasteiger partial charge in [-0.3, -0.25) is 10.1 Å². The van der Waals surface area contributed by atoms with Crippen LogP contribution in [0.15, 0.2) is 42.5 Å². The highest BCUT2D eigenvalue weighted by atomic mass is 16.6. The van der Waals surface area contributed by atoms with Crippen LogP contribution in [0.25, 0.3) is 0 Å². The SMILES string of the molecule is CCOC(=O)C(O)(/C=C\COCc1ccccc1)C[N+](=O)[O-]. The van der Waals surface area contributed by atoms with Crippen molar-refractivity contribution in [2.45, 2.75) is 19.1 Å². The second-order valence-electron chi connectivity index (χ2n) is 4.54. The Morgan fingerprint density at radius 3 is 2.68 bits per heavy atom. The number of hydrogen-bond donors (Lipinski definition) is 1. The second-order valence-corrected chi connectivity index (χ2v) is 4.54. The Kier molecular flexibility index (Phi) is 7.21. The van der Waals surface area contributed by atoms with Crippen molar-refractivity contribution in [3.05, 3.63) is 58.2 Å². The van der Waals surface area contributed by atoms with Crippen molar-refractivity contribution in [3.8, 4) is 0 Å². The van der Waals surface area contributed by atoms with Gasteiger partial charge in [-0.2, -0.15) is 0 Å². The first-order valence-corrected chi connectivity index (χ1v) is 6.78. The van der Waals surface area contributed by atoms with Gasteiger partial charge in [0, 0.05) is 4.92 Å². The minimum Gasteiger partial charge on any atom is -0.463 e. The number of ether oxygens (including phenoxy) is 2. The number of nitrogens with zero attached hydrogens (tertiary/aromatic N) is 1. The molecule has 1 aromatic rings. The third-order valence-corrected chi connectivity index (χ3v) is 2.72. The number of rotatable bonds is 9. The summed E-state index contributed by atoms with van der Waals surface area (Å²) in [5, 5.41) is 20.6. The van der Waals surface area contributed by atoms with Gasteiger partial charge in [0.05, 0.1) is 19.8 Å². The molecule has 1 rings (SSSR count). The van der Waals surface area contributed by atoms with E-state index in [2.05, 4.69) is 4.74 Å². The lowest BCUT2D eigenvalue weighted by Gasteiger charge is -2.17. The lowest BCUT2D eigenvalue weighted by molar-refractivity contribution is -0.494. The summed E-state index contributed by atoms with van der Waals surface area (Å²) in [6.45, 7) is 1.09. The number of carbonyl (C=O) groups excluding carboxylic acids is 1. The first-order chi connectivity index (χ1) is 10.5. The molecule has 1 aromatic carbocycles. The van der Waals surface area contributed by atoms with Gasteiger partial charge in [0.1, 0.15) is 0 Å². The number of aliphatic hydroxyl groups is 1. The van der Waals surface area contributed by atoms with Crippen molar-refractivity contribution in [2.24, 2.45) is 0 Å². The van der Waals surface area contributed by atoms with Gasteiger partial charge < -0.3 is 14.6 Å². The Labute approximate surface area is 128 Å². The maximum absolute atomic E-state index is 11.6. The van der Waals surface area contributed by atoms with Crippen LogP contribution in [0.1, 0.15) is 12.5 Å². The van der Waals surface area contributed by atoms with E-state index in [1.165, 1.54) is 6.08 Å². The molecule has 0 aliphatic rings. The van der Waals surface area contributed by atoms with Gasteiger partial charge in [0.15, 0.2) is 0 Å². The van der Waals surface area contributed by atoms with Crippen molar-refractivity contribution in [3.63, 3.8) is 0 Å². The molecule has 0 fully saturated rings. The molecule has 7 heteroatoms. The number of nitro groups is 1. The maximum atomic E-state index is 11.6. The first-order valence-electron chi connectivity index (χ1n) is 6.78. The summed E-state index contributed by atoms with van der Waals surface area (Å²) >= 11 is 0. The zero-order valence-electron chi connectivity index (χ0n) is 12.3. The number of hydrogen-bond acceptors (Lipinski definition) is 6. The van der Waals surface area contributed by atoms with E-state index in [0.29, 0.717) is 6.61 Å². The molecule has 0 bridgehead atoms. The van der Waals surface area contributed by atoms with Gasteiger partial charge in [-0.05, 0) is 18.6 Å². The summed E-state index contributed by atoms with van der Waals surface area (Å²) in [6.07, 6.45) is 2.40. The second kappa shape index (κ2) is 8.91. The van der Waals surface area contributed by atoms with E-state index in [1.54, 1.807) is 6.92 Å². The van der Waals surface area contributed by atoms with E-state index in [4.69, 9.17) is 4.74 Å². The molecule has 1 N–H and O–H groups in total. The molecule has 1 atom stereocenters. The minimum atomic E-state index is -2.28. The molecule has 0 amide bonds. The highest BCUT2D eigenvalue weighted by Gasteiger charge is 2.40. The average Bonchev–Trinajstić information content (AvgIpc) is 2.47. The van der Waals surface area contributed by atoms with E-state index in [-0.39, 0.29) is 13.2 Å². The standard InChI is InChI=1S/C15H19NO6/c1-2-22-14(17)15(18,12-16(19)20)9-6-10-21-11-13-7-4-3-5-8-13/h3-9,18H,2,10-12H2,1H3/b9-6-. The summed E-state index contributed by atoms with van der Waals surface area (Å²) in [5.41, 5.74) is -1.31. The first kappa shape index (κ1) is 17.8. The fourth-order valence-electron chi connectivity index (χ4n) is 1.70. The molecular formula is C15H19NO6. The number of benzene rings is 1. The van der Waals surface area contributed by atoms with E-state index in [9.17, 15) is 20.0 Å². The normalized spacial score (nSPS) is 13.7. The van der Waals surface area contributed by atoms with Gasteiger partial charge >= 0.3 is 5.97 Å². The van der Waals surface area contributed by atoms with Crippen LogP contribution in [-0.4, -0.2) is 41.4 Å². The Morgan fingerprint density at radius 2 is 2.09 bits per heavy atom. The summed E-state index contributed by atoms with van der Waals surface area (Å²) in [5.74, 6) is -1.05. The third kappa shape index (κ3) is 6.02. The fraction of sp³-hybridized carbons (Fsp3) is 0.400. The number of esters is 1. The van der Waals surface area contributed by atoms with Gasteiger partial charge in [0.25, 0.3) is 0 Å². The van der Waals surface area contributed by atoms with Crippen molar-refractivity contribution >= 4 is 5.97 Å². The summed E-state index contributed by atoms with van der Waals surface area (Å²) in [7, 11) is 0. The number of carbonyl (C=O) groups is 1. The van der Waals surface area contributed by atoms with Crippen LogP contribution in [0, 0.1) is 10.1 Å². The van der Waals surface area contributed by atoms with Crippen molar-refractivity contribution in [1.29, 1.82) is 0 Å². The quantitative estimate of drug-likeness (QED) is 0.243. The summed E-state index contributed by atoms with van der Waals surface area (Å²) in [6, 6.07) is 9.44. The highest BCUT2D eigenvalue weighted by Crippen LogP contribution is 2.11. The Balaban J connectivity index is 2.54. The fourth-order valence-corrected chi connectivity index (χ4v) is 1.70. The Bertz CT molecular complexity index is 516. The molecule has 0 radical (unpaired) electrons. The maximum Gasteiger partial charge on any atom is 0.349 e. The summed E-state index contributed by atoms with van der Waals surface area (Å²) in [4.78, 5) is 21.4. The lowest BCUT2D eigenvalue weighted by Crippen LogP contribution is -2.44. The van der Waals surface area contributed by atoms with E-state index in [0.717, 1.165) is 11.6 Å². The Hall–Kier alpha value is -2.25. The molecule has 0 aromatic heterocycles. The molecule has 7 nitrogen and oxygen atoms in total. The van der Waals surface area contributed by atoms with Crippen LogP contribution in [0.3, 0.4) is 0 Å². The van der Waals surface area contributed by atoms with Gasteiger partial charge in [-0.25, -0.2) is 4.79 Å². The zero-order valence-corrected chi connectivity index (χ0v) is 12.3. The van der Waals surface area contributed by atoms with Crippen LogP contribution in [0.5, 0.6) is 0 Å². The molecule has 22 heavy (non-hydrogen) atoms. The van der Waals surface area contributed by atoms with Gasteiger partial charge in [-0.1, -0.05) is 36.4 Å². The monoisotopic (exact) mass is 309 g/mol.